The molecule has 0 saturated carbocycles. The molecular formula is C11H17NO6S2. The minimum absolute atomic E-state index is 0.0144. The molecule has 1 aromatic rings. The summed E-state index contributed by atoms with van der Waals surface area (Å²) in [6.45, 7) is 2.70. The van der Waals surface area contributed by atoms with Gasteiger partial charge < -0.3 is 14.6 Å². The molecule has 0 fully saturated rings. The van der Waals surface area contributed by atoms with Crippen LogP contribution in [0.3, 0.4) is 0 Å². The quantitative estimate of drug-likeness (QED) is 0.675. The minimum atomic E-state index is -3.93. The summed E-state index contributed by atoms with van der Waals surface area (Å²) in [4.78, 5) is 10.5. The van der Waals surface area contributed by atoms with Crippen LogP contribution >= 0.6 is 11.8 Å². The zero-order valence-corrected chi connectivity index (χ0v) is 13.0. The average Bonchev–Trinajstić information content (AvgIpc) is 2.70. The van der Waals surface area contributed by atoms with Crippen molar-refractivity contribution in [2.75, 3.05) is 18.6 Å². The number of aliphatic hydroxyl groups is 1. The van der Waals surface area contributed by atoms with Crippen LogP contribution in [0.25, 0.3) is 0 Å². The summed E-state index contributed by atoms with van der Waals surface area (Å²) >= 11 is 1.39. The molecule has 1 rings (SSSR count). The molecule has 20 heavy (non-hydrogen) atoms. The van der Waals surface area contributed by atoms with E-state index in [9.17, 15) is 18.3 Å². The molecule has 0 aromatic carbocycles. The van der Waals surface area contributed by atoms with E-state index < -0.39 is 27.4 Å². The molecule has 3 N–H and O–H groups in total. The van der Waals surface area contributed by atoms with Crippen molar-refractivity contribution >= 4 is 27.8 Å². The van der Waals surface area contributed by atoms with Crippen LogP contribution in [0.15, 0.2) is 15.4 Å². The summed E-state index contributed by atoms with van der Waals surface area (Å²) in [5, 5.41) is 18.7. The normalized spacial score (nSPS) is 15.0. The van der Waals surface area contributed by atoms with Crippen molar-refractivity contribution in [3.63, 3.8) is 0 Å². The summed E-state index contributed by atoms with van der Waals surface area (Å²) in [6.07, 6.45) is 1.79. The van der Waals surface area contributed by atoms with Crippen LogP contribution in [-0.2, 0) is 10.0 Å². The van der Waals surface area contributed by atoms with Crippen molar-refractivity contribution in [2.24, 2.45) is 0 Å². The van der Waals surface area contributed by atoms with Gasteiger partial charge in [-0.2, -0.15) is 11.8 Å². The first-order chi connectivity index (χ1) is 9.09. The van der Waals surface area contributed by atoms with Gasteiger partial charge >= 0.3 is 5.97 Å². The highest BCUT2D eigenvalue weighted by Gasteiger charge is 2.27. The van der Waals surface area contributed by atoms with E-state index in [0.29, 0.717) is 5.75 Å². The van der Waals surface area contributed by atoms with E-state index in [1.165, 1.54) is 25.6 Å². The monoisotopic (exact) mass is 323 g/mol. The molecular weight excluding hydrogens is 306 g/mol. The van der Waals surface area contributed by atoms with Gasteiger partial charge in [-0.15, -0.1) is 0 Å². The van der Waals surface area contributed by atoms with Gasteiger partial charge in [0.2, 0.25) is 15.8 Å². The zero-order valence-electron chi connectivity index (χ0n) is 11.3. The summed E-state index contributed by atoms with van der Waals surface area (Å²) in [5.41, 5.74) is -1.19. The molecule has 0 amide bonds. The summed E-state index contributed by atoms with van der Waals surface area (Å²) in [5.74, 6) is -1.44. The molecule has 1 aromatic heterocycles. The fourth-order valence-corrected chi connectivity index (χ4v) is 3.59. The predicted octanol–water partition coefficient (Wildman–Crippen LogP) is 0.679. The third kappa shape index (κ3) is 4.23. The number of aromatic carboxylic acids is 1. The summed E-state index contributed by atoms with van der Waals surface area (Å²) < 4.78 is 31.2. The molecule has 1 atom stereocenters. The molecule has 0 radical (unpaired) electrons. The molecule has 1 heterocycles. The van der Waals surface area contributed by atoms with Gasteiger partial charge in [0.25, 0.3) is 0 Å². The van der Waals surface area contributed by atoms with E-state index >= 15 is 0 Å². The summed E-state index contributed by atoms with van der Waals surface area (Å²) in [6, 6.07) is 0.948. The first kappa shape index (κ1) is 17.0. The van der Waals surface area contributed by atoms with Gasteiger partial charge in [0.05, 0.1) is 5.60 Å². The number of rotatable bonds is 7. The van der Waals surface area contributed by atoms with Crippen LogP contribution < -0.4 is 4.72 Å². The SMILES string of the molecule is CSCC(C)(O)CNS(=O)(=O)c1cc(C(=O)O)oc1C. The Kier molecular flexibility index (Phi) is 5.25. The lowest BCUT2D eigenvalue weighted by Crippen LogP contribution is -2.42. The number of sulfonamides is 1. The molecule has 0 aliphatic heterocycles. The molecule has 9 heteroatoms. The lowest BCUT2D eigenvalue weighted by molar-refractivity contribution is 0.0660. The second-order valence-corrected chi connectivity index (χ2v) is 7.19. The largest absolute Gasteiger partial charge is 0.475 e. The maximum Gasteiger partial charge on any atom is 0.371 e. The molecule has 0 bridgehead atoms. The highest BCUT2D eigenvalue weighted by atomic mass is 32.2. The van der Waals surface area contributed by atoms with Crippen LogP contribution in [0.2, 0.25) is 0 Å². The van der Waals surface area contributed by atoms with Gasteiger partial charge in [0.1, 0.15) is 10.7 Å². The highest BCUT2D eigenvalue weighted by molar-refractivity contribution is 7.98. The Bertz CT molecular complexity index is 590. The second kappa shape index (κ2) is 6.17. The Hall–Kier alpha value is -1.03. The van der Waals surface area contributed by atoms with Crippen LogP contribution in [-0.4, -0.2) is 48.8 Å². The number of thioether (sulfide) groups is 1. The summed E-state index contributed by atoms with van der Waals surface area (Å²) in [7, 11) is -3.93. The third-order valence-corrected chi connectivity index (χ3v) is 4.89. The van der Waals surface area contributed by atoms with E-state index in [4.69, 9.17) is 9.52 Å². The fourth-order valence-electron chi connectivity index (χ4n) is 1.53. The van der Waals surface area contributed by atoms with Gasteiger partial charge in [-0.1, -0.05) is 0 Å². The van der Waals surface area contributed by atoms with E-state index in [0.717, 1.165) is 6.07 Å². The van der Waals surface area contributed by atoms with Crippen molar-refractivity contribution in [1.29, 1.82) is 0 Å². The number of carboxylic acids is 1. The highest BCUT2D eigenvalue weighted by Crippen LogP contribution is 2.20. The molecule has 0 saturated heterocycles. The van der Waals surface area contributed by atoms with Crippen molar-refractivity contribution in [2.45, 2.75) is 24.3 Å². The van der Waals surface area contributed by atoms with Gasteiger partial charge in [0.15, 0.2) is 0 Å². The van der Waals surface area contributed by atoms with E-state index in [1.54, 1.807) is 6.26 Å². The molecule has 1 unspecified atom stereocenters. The number of furan rings is 1. The van der Waals surface area contributed by atoms with E-state index in [2.05, 4.69) is 4.72 Å². The van der Waals surface area contributed by atoms with Gasteiger partial charge in [-0.25, -0.2) is 17.9 Å². The number of hydrogen-bond acceptors (Lipinski definition) is 6. The van der Waals surface area contributed by atoms with E-state index in [1.807, 2.05) is 0 Å². The third-order valence-electron chi connectivity index (χ3n) is 2.47. The van der Waals surface area contributed by atoms with Crippen LogP contribution in [0.1, 0.15) is 23.2 Å². The lowest BCUT2D eigenvalue weighted by atomic mass is 10.1. The first-order valence-electron chi connectivity index (χ1n) is 5.64. The van der Waals surface area contributed by atoms with Crippen molar-refractivity contribution in [3.05, 3.63) is 17.6 Å². The first-order valence-corrected chi connectivity index (χ1v) is 8.51. The number of aryl methyl sites for hydroxylation is 1. The second-order valence-electron chi connectivity index (χ2n) is 4.59. The van der Waals surface area contributed by atoms with Crippen molar-refractivity contribution < 1.29 is 27.8 Å². The van der Waals surface area contributed by atoms with Crippen molar-refractivity contribution in [3.8, 4) is 0 Å². The lowest BCUT2D eigenvalue weighted by Gasteiger charge is -2.22. The number of hydrogen-bond donors (Lipinski definition) is 3. The Balaban J connectivity index is 2.92. The molecule has 114 valence electrons. The number of carboxylic acid groups (broad SMARTS) is 1. The number of carbonyl (C=O) groups is 1. The number of nitrogens with one attached hydrogen (secondary N) is 1. The smallest absolute Gasteiger partial charge is 0.371 e. The zero-order chi connectivity index (χ0) is 15.6. The van der Waals surface area contributed by atoms with Crippen LogP contribution in [0.4, 0.5) is 0 Å². The maximum absolute atomic E-state index is 12.1. The molecule has 0 aliphatic rings. The molecule has 0 spiro atoms. The van der Waals surface area contributed by atoms with E-state index in [-0.39, 0.29) is 17.2 Å². The average molecular weight is 323 g/mol. The Morgan fingerprint density at radius 2 is 2.15 bits per heavy atom. The molecule has 0 aliphatic carbocycles. The molecule has 7 nitrogen and oxygen atoms in total. The Morgan fingerprint density at radius 3 is 2.60 bits per heavy atom. The van der Waals surface area contributed by atoms with Gasteiger partial charge in [-0.3, -0.25) is 0 Å². The van der Waals surface area contributed by atoms with Gasteiger partial charge in [0, 0.05) is 18.4 Å². The Morgan fingerprint density at radius 1 is 1.55 bits per heavy atom. The maximum atomic E-state index is 12.1. The van der Waals surface area contributed by atoms with Crippen molar-refractivity contribution in [1.82, 2.24) is 4.72 Å². The van der Waals surface area contributed by atoms with Gasteiger partial charge in [-0.05, 0) is 20.1 Å². The Labute approximate surface area is 121 Å². The predicted molar refractivity (Wildman–Crippen MR) is 74.6 cm³/mol. The fraction of sp³-hybridized carbons (Fsp3) is 0.545. The minimum Gasteiger partial charge on any atom is -0.475 e. The topological polar surface area (TPSA) is 117 Å². The van der Waals surface area contributed by atoms with Crippen LogP contribution in [0.5, 0.6) is 0 Å². The standard InChI is InChI=1S/C11H17NO6S2/c1-7-9(4-8(18-7)10(13)14)20(16,17)12-5-11(2,15)6-19-3/h4,12,15H,5-6H2,1-3H3,(H,13,14). The van der Waals surface area contributed by atoms with Crippen LogP contribution in [0, 0.1) is 6.92 Å².